The molecule has 4 N–H and O–H groups in total. The Bertz CT molecular complexity index is 1010. The SMILES string of the molecule is CCCCCCCCCCCCCCCCCCC(=O)OC[C@H](CO[C@H]1O[C@H](CS(=O)(=O)O)[C@@H](O)C(O)C1O)OC(=O)CCCCCCCCCCC. The third-order valence-corrected chi connectivity index (χ3v) is 10.7. The molecule has 0 aromatic rings. The number of hydrogen-bond acceptors (Lipinski definition) is 11. The van der Waals surface area contributed by atoms with Crippen molar-refractivity contribution in [2.24, 2.45) is 0 Å². The van der Waals surface area contributed by atoms with Crippen molar-refractivity contribution in [3.63, 3.8) is 0 Å². The van der Waals surface area contributed by atoms with Crippen molar-refractivity contribution < 1.29 is 56.8 Å². The monoisotopic (exact) mass is 781 g/mol. The van der Waals surface area contributed by atoms with Crippen LogP contribution in [0.25, 0.3) is 0 Å². The molecule has 13 heteroatoms. The first-order chi connectivity index (χ1) is 25.5. The molecule has 0 radical (unpaired) electrons. The minimum atomic E-state index is -4.59. The topological polar surface area (TPSA) is 186 Å². The second kappa shape index (κ2) is 31.8. The molecule has 2 unspecified atom stereocenters. The summed E-state index contributed by atoms with van der Waals surface area (Å²) in [5, 5.41) is 30.7. The molecule has 0 aromatic heterocycles. The van der Waals surface area contributed by atoms with Crippen molar-refractivity contribution in [1.29, 1.82) is 0 Å². The highest BCUT2D eigenvalue weighted by Crippen LogP contribution is 2.24. The molecule has 1 aliphatic rings. The zero-order valence-electron chi connectivity index (χ0n) is 33.1. The molecule has 0 aliphatic carbocycles. The first kappa shape index (κ1) is 49.7. The van der Waals surface area contributed by atoms with Gasteiger partial charge in [-0.25, -0.2) is 0 Å². The van der Waals surface area contributed by atoms with Crippen molar-refractivity contribution in [1.82, 2.24) is 0 Å². The Hall–Kier alpha value is -1.35. The van der Waals surface area contributed by atoms with Crippen LogP contribution in [0, 0.1) is 0 Å². The number of rotatable bonds is 35. The lowest BCUT2D eigenvalue weighted by Gasteiger charge is -2.40. The van der Waals surface area contributed by atoms with Crippen LogP contribution in [-0.4, -0.2) is 96.0 Å². The zero-order chi connectivity index (χ0) is 39.2. The van der Waals surface area contributed by atoms with Crippen LogP contribution in [0.1, 0.15) is 187 Å². The van der Waals surface area contributed by atoms with Crippen molar-refractivity contribution in [2.45, 2.75) is 224 Å². The van der Waals surface area contributed by atoms with Gasteiger partial charge in [0.15, 0.2) is 12.4 Å². The van der Waals surface area contributed by atoms with E-state index in [1.54, 1.807) is 0 Å². The molecule has 0 aromatic carbocycles. The Morgan fingerprint density at radius 2 is 0.962 bits per heavy atom. The number of hydrogen-bond donors (Lipinski definition) is 4. The minimum absolute atomic E-state index is 0.170. The molecule has 1 heterocycles. The first-order valence-corrected chi connectivity index (χ1v) is 22.7. The molecule has 0 amide bonds. The Morgan fingerprint density at radius 1 is 0.566 bits per heavy atom. The standard InChI is InChI=1S/C40H76O12S/c1-3-5-7-9-11-13-14-15-16-17-18-19-21-22-24-26-28-35(41)49-30-33(51-36(42)29-27-25-23-20-12-10-8-6-4-2)31-50-40-39(45)38(44)37(43)34(52-40)32-53(46,47)48/h33-34,37-40,43-45H,3-32H2,1-2H3,(H,46,47,48)/t33-,34-,37-,38?,39?,40+/m1/s1. The summed E-state index contributed by atoms with van der Waals surface area (Å²) < 4.78 is 53.8. The fourth-order valence-electron chi connectivity index (χ4n) is 6.62. The van der Waals surface area contributed by atoms with E-state index < -0.39 is 71.2 Å². The summed E-state index contributed by atoms with van der Waals surface area (Å²) in [4.78, 5) is 25.2. The van der Waals surface area contributed by atoms with E-state index in [9.17, 15) is 37.9 Å². The molecule has 1 aliphatic heterocycles. The van der Waals surface area contributed by atoms with Crippen LogP contribution in [0.4, 0.5) is 0 Å². The van der Waals surface area contributed by atoms with Gasteiger partial charge in [-0.3, -0.25) is 14.1 Å². The van der Waals surface area contributed by atoms with Gasteiger partial charge in [0.1, 0.15) is 36.8 Å². The van der Waals surface area contributed by atoms with Crippen LogP contribution in [0.3, 0.4) is 0 Å². The molecule has 6 atom stereocenters. The van der Waals surface area contributed by atoms with Gasteiger partial charge in [-0.1, -0.05) is 162 Å². The minimum Gasteiger partial charge on any atom is -0.462 e. The highest BCUT2D eigenvalue weighted by atomic mass is 32.2. The quantitative estimate of drug-likeness (QED) is 0.0279. The second-order valence-electron chi connectivity index (χ2n) is 15.0. The van der Waals surface area contributed by atoms with Crippen molar-refractivity contribution in [3.05, 3.63) is 0 Å². The molecule has 314 valence electrons. The highest BCUT2D eigenvalue weighted by Gasteiger charge is 2.46. The van der Waals surface area contributed by atoms with Gasteiger partial charge in [0.2, 0.25) is 0 Å². The highest BCUT2D eigenvalue weighted by molar-refractivity contribution is 7.85. The lowest BCUT2D eigenvalue weighted by atomic mass is 10.00. The van der Waals surface area contributed by atoms with Crippen LogP contribution in [0.2, 0.25) is 0 Å². The average molecular weight is 781 g/mol. The summed E-state index contributed by atoms with van der Waals surface area (Å²) in [6.45, 7) is 3.73. The number of unbranched alkanes of at least 4 members (excludes halogenated alkanes) is 23. The molecule has 0 saturated carbocycles. The maximum atomic E-state index is 12.7. The van der Waals surface area contributed by atoms with Crippen LogP contribution < -0.4 is 0 Å². The number of aliphatic hydroxyl groups is 3. The van der Waals surface area contributed by atoms with Crippen LogP contribution in [0.5, 0.6) is 0 Å². The van der Waals surface area contributed by atoms with E-state index in [2.05, 4.69) is 13.8 Å². The summed E-state index contributed by atoms with van der Waals surface area (Å²) in [6.07, 6.45) is 20.3. The molecule has 12 nitrogen and oxygen atoms in total. The zero-order valence-corrected chi connectivity index (χ0v) is 34.0. The molecule has 1 fully saturated rings. The van der Waals surface area contributed by atoms with E-state index in [-0.39, 0.29) is 19.4 Å². The van der Waals surface area contributed by atoms with E-state index in [0.29, 0.717) is 12.8 Å². The fourth-order valence-corrected chi connectivity index (χ4v) is 7.31. The first-order valence-electron chi connectivity index (χ1n) is 21.1. The van der Waals surface area contributed by atoms with E-state index in [0.717, 1.165) is 38.5 Å². The number of carbonyl (C=O) groups is 2. The lowest BCUT2D eigenvalue weighted by molar-refractivity contribution is -0.297. The maximum Gasteiger partial charge on any atom is 0.306 e. The predicted octanol–water partition coefficient (Wildman–Crippen LogP) is 7.73. The third-order valence-electron chi connectivity index (χ3n) is 9.94. The summed E-state index contributed by atoms with van der Waals surface area (Å²) in [6, 6.07) is 0. The molecular weight excluding hydrogens is 704 g/mol. The largest absolute Gasteiger partial charge is 0.462 e. The number of ether oxygens (including phenoxy) is 4. The molecular formula is C40H76O12S. The van der Waals surface area contributed by atoms with Crippen LogP contribution >= 0.6 is 0 Å². The lowest BCUT2D eigenvalue weighted by Crippen LogP contribution is -2.60. The van der Waals surface area contributed by atoms with E-state index >= 15 is 0 Å². The van der Waals surface area contributed by atoms with Crippen molar-refractivity contribution >= 4 is 22.1 Å². The maximum absolute atomic E-state index is 12.7. The van der Waals surface area contributed by atoms with Gasteiger partial charge in [-0.15, -0.1) is 0 Å². The summed E-state index contributed by atoms with van der Waals surface area (Å²) in [7, 11) is -4.59. The Morgan fingerprint density at radius 3 is 1.38 bits per heavy atom. The van der Waals surface area contributed by atoms with Crippen LogP contribution in [-0.2, 0) is 38.7 Å². The summed E-state index contributed by atoms with van der Waals surface area (Å²) in [5.41, 5.74) is 0. The summed E-state index contributed by atoms with van der Waals surface area (Å²) in [5.74, 6) is -1.97. The number of carbonyl (C=O) groups excluding carboxylic acids is 2. The van der Waals surface area contributed by atoms with Gasteiger partial charge in [0.25, 0.3) is 10.1 Å². The smallest absolute Gasteiger partial charge is 0.306 e. The van der Waals surface area contributed by atoms with Gasteiger partial charge in [-0.05, 0) is 12.8 Å². The molecule has 1 rings (SSSR count). The van der Waals surface area contributed by atoms with Gasteiger partial charge in [0, 0.05) is 12.8 Å². The van der Waals surface area contributed by atoms with Gasteiger partial charge in [0.05, 0.1) is 6.61 Å². The van der Waals surface area contributed by atoms with Crippen molar-refractivity contribution in [2.75, 3.05) is 19.0 Å². The number of esters is 2. The average Bonchev–Trinajstić information content (AvgIpc) is 3.12. The van der Waals surface area contributed by atoms with E-state index in [1.165, 1.54) is 109 Å². The Balaban J connectivity index is 2.43. The fraction of sp³-hybridized carbons (Fsp3) is 0.950. The Kier molecular flexibility index (Phi) is 29.8. The third kappa shape index (κ3) is 27.0. The predicted molar refractivity (Wildman–Crippen MR) is 206 cm³/mol. The molecule has 0 bridgehead atoms. The normalized spacial score (nSPS) is 21.1. The second-order valence-corrected chi connectivity index (χ2v) is 16.5. The van der Waals surface area contributed by atoms with Crippen LogP contribution in [0.15, 0.2) is 0 Å². The van der Waals surface area contributed by atoms with Gasteiger partial charge < -0.3 is 34.3 Å². The molecule has 53 heavy (non-hydrogen) atoms. The van der Waals surface area contributed by atoms with E-state index in [4.69, 9.17) is 18.9 Å². The number of aliphatic hydroxyl groups excluding tert-OH is 3. The summed E-state index contributed by atoms with van der Waals surface area (Å²) >= 11 is 0. The Labute approximate surface area is 321 Å². The molecule has 1 saturated heterocycles. The van der Waals surface area contributed by atoms with Crippen molar-refractivity contribution in [3.8, 4) is 0 Å². The van der Waals surface area contributed by atoms with Gasteiger partial charge >= 0.3 is 11.9 Å². The van der Waals surface area contributed by atoms with Gasteiger partial charge in [-0.2, -0.15) is 8.42 Å². The van der Waals surface area contributed by atoms with E-state index in [1.807, 2.05) is 0 Å². The molecule has 0 spiro atoms.